The maximum Gasteiger partial charge on any atom is 0.235 e. The van der Waals surface area contributed by atoms with E-state index >= 15 is 0 Å². The normalized spacial score (nSPS) is 25.6. The lowest BCUT2D eigenvalue weighted by molar-refractivity contribution is -0.120. The van der Waals surface area contributed by atoms with Crippen molar-refractivity contribution in [3.63, 3.8) is 0 Å². The number of hydrogen-bond donors (Lipinski definition) is 2. The predicted molar refractivity (Wildman–Crippen MR) is 63.1 cm³/mol. The SMILES string of the molecule is CNC(CN1CCN(C2CC2)CC1)C(N)=O. The molecule has 0 aromatic heterocycles. The Morgan fingerprint density at radius 3 is 2.44 bits per heavy atom. The molecule has 0 aromatic carbocycles. The number of likely N-dealkylation sites (N-methyl/N-ethyl adjacent to an activating group) is 1. The Hall–Kier alpha value is -0.650. The third-order valence-corrected chi connectivity index (χ3v) is 3.60. The summed E-state index contributed by atoms with van der Waals surface area (Å²) in [4.78, 5) is 16.0. The van der Waals surface area contributed by atoms with Gasteiger partial charge in [-0.2, -0.15) is 0 Å². The van der Waals surface area contributed by atoms with E-state index in [1.54, 1.807) is 7.05 Å². The molecule has 1 unspecified atom stereocenters. The number of amides is 1. The Morgan fingerprint density at radius 2 is 2.00 bits per heavy atom. The highest BCUT2D eigenvalue weighted by Crippen LogP contribution is 2.27. The van der Waals surface area contributed by atoms with Crippen LogP contribution in [0.3, 0.4) is 0 Å². The minimum Gasteiger partial charge on any atom is -0.368 e. The number of nitrogens with one attached hydrogen (secondary N) is 1. The molecule has 1 saturated carbocycles. The van der Waals surface area contributed by atoms with Crippen LogP contribution in [-0.2, 0) is 4.79 Å². The summed E-state index contributed by atoms with van der Waals surface area (Å²) < 4.78 is 0. The summed E-state index contributed by atoms with van der Waals surface area (Å²) in [6.45, 7) is 5.13. The summed E-state index contributed by atoms with van der Waals surface area (Å²) in [5.41, 5.74) is 5.31. The Morgan fingerprint density at radius 1 is 1.38 bits per heavy atom. The van der Waals surface area contributed by atoms with Crippen molar-refractivity contribution < 1.29 is 4.79 Å². The zero-order valence-corrected chi connectivity index (χ0v) is 9.98. The van der Waals surface area contributed by atoms with Gasteiger partial charge in [-0.05, 0) is 19.9 Å². The van der Waals surface area contributed by atoms with Gasteiger partial charge in [-0.25, -0.2) is 0 Å². The van der Waals surface area contributed by atoms with Gasteiger partial charge in [0.1, 0.15) is 0 Å². The van der Waals surface area contributed by atoms with E-state index in [-0.39, 0.29) is 11.9 Å². The van der Waals surface area contributed by atoms with Crippen LogP contribution in [0.5, 0.6) is 0 Å². The van der Waals surface area contributed by atoms with E-state index < -0.39 is 0 Å². The molecule has 1 heterocycles. The molecule has 5 heteroatoms. The summed E-state index contributed by atoms with van der Waals surface area (Å²) in [7, 11) is 1.79. The molecule has 2 aliphatic rings. The van der Waals surface area contributed by atoms with Crippen molar-refractivity contribution in [3.8, 4) is 0 Å². The van der Waals surface area contributed by atoms with Crippen molar-refractivity contribution in [2.75, 3.05) is 39.8 Å². The Kier molecular flexibility index (Phi) is 3.78. The van der Waals surface area contributed by atoms with Gasteiger partial charge in [-0.3, -0.25) is 14.6 Å². The number of hydrogen-bond acceptors (Lipinski definition) is 4. The molecule has 1 aliphatic carbocycles. The summed E-state index contributed by atoms with van der Waals surface area (Å²) >= 11 is 0. The standard InChI is InChI=1S/C11H22N4O/c1-13-10(11(12)16)8-14-4-6-15(7-5-14)9-2-3-9/h9-10,13H,2-8H2,1H3,(H2,12,16). The molecule has 2 fully saturated rings. The molecular weight excluding hydrogens is 204 g/mol. The lowest BCUT2D eigenvalue weighted by Crippen LogP contribution is -2.53. The summed E-state index contributed by atoms with van der Waals surface area (Å²) in [5, 5.41) is 2.97. The molecule has 92 valence electrons. The molecule has 0 aromatic rings. The second-order valence-corrected chi connectivity index (χ2v) is 4.81. The van der Waals surface area contributed by atoms with Gasteiger partial charge in [0.15, 0.2) is 0 Å². The minimum absolute atomic E-state index is 0.215. The average molecular weight is 226 g/mol. The zero-order chi connectivity index (χ0) is 11.5. The Bertz CT molecular complexity index is 246. The van der Waals surface area contributed by atoms with E-state index in [9.17, 15) is 4.79 Å². The van der Waals surface area contributed by atoms with E-state index in [2.05, 4.69) is 15.1 Å². The monoisotopic (exact) mass is 226 g/mol. The van der Waals surface area contributed by atoms with E-state index in [1.165, 1.54) is 12.8 Å². The van der Waals surface area contributed by atoms with E-state index in [0.717, 1.165) is 38.8 Å². The van der Waals surface area contributed by atoms with Crippen molar-refractivity contribution in [2.45, 2.75) is 24.9 Å². The maximum absolute atomic E-state index is 11.1. The molecule has 1 saturated heterocycles. The number of nitrogens with zero attached hydrogens (tertiary/aromatic N) is 2. The molecular formula is C11H22N4O. The van der Waals surface area contributed by atoms with Gasteiger partial charge in [0.25, 0.3) is 0 Å². The molecule has 1 atom stereocenters. The van der Waals surface area contributed by atoms with Crippen LogP contribution in [0.2, 0.25) is 0 Å². The van der Waals surface area contributed by atoms with Crippen LogP contribution in [0.4, 0.5) is 0 Å². The first-order valence-electron chi connectivity index (χ1n) is 6.13. The number of primary amides is 1. The molecule has 2 rings (SSSR count). The van der Waals surface area contributed by atoms with Gasteiger partial charge in [0, 0.05) is 38.8 Å². The zero-order valence-electron chi connectivity index (χ0n) is 9.98. The molecule has 0 spiro atoms. The second kappa shape index (κ2) is 5.12. The molecule has 0 bridgehead atoms. The molecule has 0 radical (unpaired) electrons. The predicted octanol–water partition coefficient (Wildman–Crippen LogP) is -1.16. The number of nitrogens with two attached hydrogens (primary N) is 1. The molecule has 3 N–H and O–H groups in total. The van der Waals surface area contributed by atoms with Crippen LogP contribution in [0, 0.1) is 0 Å². The first-order valence-corrected chi connectivity index (χ1v) is 6.13. The van der Waals surface area contributed by atoms with Crippen LogP contribution in [0.15, 0.2) is 0 Å². The van der Waals surface area contributed by atoms with Gasteiger partial charge in [0.2, 0.25) is 5.91 Å². The third-order valence-electron chi connectivity index (χ3n) is 3.60. The highest BCUT2D eigenvalue weighted by atomic mass is 16.1. The van der Waals surface area contributed by atoms with E-state index in [4.69, 9.17) is 5.73 Å². The summed E-state index contributed by atoms with van der Waals surface area (Å²) in [6, 6.07) is 0.644. The fourth-order valence-corrected chi connectivity index (χ4v) is 2.33. The average Bonchev–Trinajstić information content (AvgIpc) is 3.10. The Labute approximate surface area is 96.9 Å². The lowest BCUT2D eigenvalue weighted by atomic mass is 10.2. The van der Waals surface area contributed by atoms with Gasteiger partial charge in [-0.1, -0.05) is 0 Å². The van der Waals surface area contributed by atoms with E-state index in [1.807, 2.05) is 0 Å². The van der Waals surface area contributed by atoms with Gasteiger partial charge < -0.3 is 11.1 Å². The van der Waals surface area contributed by atoms with Gasteiger partial charge in [0.05, 0.1) is 6.04 Å². The fraction of sp³-hybridized carbons (Fsp3) is 0.909. The van der Waals surface area contributed by atoms with E-state index in [0.29, 0.717) is 0 Å². The quantitative estimate of drug-likeness (QED) is 0.621. The molecule has 16 heavy (non-hydrogen) atoms. The first kappa shape index (κ1) is 11.8. The largest absolute Gasteiger partial charge is 0.368 e. The van der Waals surface area contributed by atoms with Crippen molar-refractivity contribution in [1.29, 1.82) is 0 Å². The summed E-state index contributed by atoms with van der Waals surface area (Å²) in [5.74, 6) is -0.257. The number of carbonyl (C=O) groups is 1. The first-order chi connectivity index (χ1) is 7.70. The Balaban J connectivity index is 1.73. The third kappa shape index (κ3) is 2.93. The molecule has 1 amide bonds. The van der Waals surface area contributed by atoms with Crippen molar-refractivity contribution in [3.05, 3.63) is 0 Å². The molecule has 1 aliphatic heterocycles. The van der Waals surface area contributed by atoms with Crippen molar-refractivity contribution >= 4 is 5.91 Å². The summed E-state index contributed by atoms with van der Waals surface area (Å²) in [6.07, 6.45) is 2.75. The fourth-order valence-electron chi connectivity index (χ4n) is 2.33. The van der Waals surface area contributed by atoms with Crippen LogP contribution >= 0.6 is 0 Å². The molecule has 5 nitrogen and oxygen atoms in total. The number of piperazine rings is 1. The van der Waals surface area contributed by atoms with Gasteiger partial charge in [-0.15, -0.1) is 0 Å². The van der Waals surface area contributed by atoms with Gasteiger partial charge >= 0.3 is 0 Å². The highest BCUT2D eigenvalue weighted by molar-refractivity contribution is 5.80. The minimum atomic E-state index is -0.257. The second-order valence-electron chi connectivity index (χ2n) is 4.81. The number of rotatable bonds is 5. The van der Waals surface area contributed by atoms with Crippen LogP contribution < -0.4 is 11.1 Å². The highest BCUT2D eigenvalue weighted by Gasteiger charge is 2.31. The topological polar surface area (TPSA) is 61.6 Å². The van der Waals surface area contributed by atoms with Crippen molar-refractivity contribution in [2.24, 2.45) is 5.73 Å². The van der Waals surface area contributed by atoms with Crippen LogP contribution in [0.25, 0.3) is 0 Å². The lowest BCUT2D eigenvalue weighted by Gasteiger charge is -2.35. The van der Waals surface area contributed by atoms with Crippen LogP contribution in [0.1, 0.15) is 12.8 Å². The van der Waals surface area contributed by atoms with Crippen molar-refractivity contribution in [1.82, 2.24) is 15.1 Å². The van der Waals surface area contributed by atoms with Crippen LogP contribution in [-0.4, -0.2) is 67.6 Å². The maximum atomic E-state index is 11.1. The smallest absolute Gasteiger partial charge is 0.235 e. The number of carbonyl (C=O) groups excluding carboxylic acids is 1.